The van der Waals surface area contributed by atoms with Crippen LogP contribution in [0, 0.1) is 6.92 Å². The van der Waals surface area contributed by atoms with Crippen molar-refractivity contribution in [1.29, 1.82) is 0 Å². The van der Waals surface area contributed by atoms with E-state index in [1.54, 1.807) is 17.1 Å². The van der Waals surface area contributed by atoms with Gasteiger partial charge in [0.25, 0.3) is 11.9 Å². The number of carbonyl (C=O) groups is 1. The highest BCUT2D eigenvalue weighted by Crippen LogP contribution is 2.42. The normalized spacial score (nSPS) is 18.3. The van der Waals surface area contributed by atoms with E-state index in [0.717, 1.165) is 56.8 Å². The number of nitrogens with one attached hydrogen (secondary N) is 1. The Kier molecular flexibility index (Phi) is 6.11. The van der Waals surface area contributed by atoms with Gasteiger partial charge in [0, 0.05) is 31.2 Å². The fraction of sp³-hybridized carbons (Fsp3) is 0.357. The van der Waals surface area contributed by atoms with Crippen molar-refractivity contribution in [3.63, 3.8) is 0 Å². The Hall–Kier alpha value is -3.78. The molecule has 1 amide bonds. The average molecular weight is 483 g/mol. The maximum Gasteiger partial charge on any atom is 0.255 e. The van der Waals surface area contributed by atoms with E-state index in [1.807, 2.05) is 31.2 Å². The van der Waals surface area contributed by atoms with Crippen molar-refractivity contribution in [2.45, 2.75) is 51.1 Å². The molecule has 36 heavy (non-hydrogen) atoms. The van der Waals surface area contributed by atoms with E-state index in [4.69, 9.17) is 9.40 Å². The van der Waals surface area contributed by atoms with E-state index in [-0.39, 0.29) is 11.9 Å². The van der Waals surface area contributed by atoms with E-state index in [1.165, 1.54) is 5.56 Å². The Bertz CT molecular complexity index is 1360. The lowest BCUT2D eigenvalue weighted by molar-refractivity contribution is 0.0899. The van der Waals surface area contributed by atoms with Crippen LogP contribution in [0.5, 0.6) is 0 Å². The first kappa shape index (κ1) is 22.7. The minimum absolute atomic E-state index is 0.0625. The molecule has 4 aromatic rings. The summed E-state index contributed by atoms with van der Waals surface area (Å²) in [5.74, 6) is 2.20. The molecule has 1 N–H and O–H groups in total. The molecule has 8 heteroatoms. The molecule has 1 saturated carbocycles. The highest BCUT2D eigenvalue weighted by atomic mass is 16.3. The molecule has 1 saturated heterocycles. The van der Waals surface area contributed by atoms with E-state index < -0.39 is 0 Å². The van der Waals surface area contributed by atoms with Crippen LogP contribution in [0.2, 0.25) is 0 Å². The standard InChI is InChI=1S/C28H30N6O2/c1-19-9-12-25(36-19)24-13-14-29-28(32-24)34-26(21-10-11-21)23(16-30-34)27(35)31-22-8-5-15-33(18-22)17-20-6-3-2-4-7-20/h2-4,6-7,9,12-14,16,21-22H,5,8,10-11,15,17-18H2,1H3,(H,31,35). The molecule has 1 atom stereocenters. The van der Waals surface area contributed by atoms with Gasteiger partial charge in [-0.05, 0) is 62.9 Å². The van der Waals surface area contributed by atoms with Gasteiger partial charge in [-0.15, -0.1) is 0 Å². The lowest BCUT2D eigenvalue weighted by Gasteiger charge is -2.33. The van der Waals surface area contributed by atoms with Crippen LogP contribution in [0.3, 0.4) is 0 Å². The minimum atomic E-state index is -0.0625. The molecule has 184 valence electrons. The summed E-state index contributed by atoms with van der Waals surface area (Å²) in [5, 5.41) is 7.85. The molecule has 4 heterocycles. The van der Waals surface area contributed by atoms with Crippen molar-refractivity contribution in [3.05, 3.63) is 83.5 Å². The number of rotatable bonds is 7. The molecule has 0 spiro atoms. The zero-order chi connectivity index (χ0) is 24.5. The topological polar surface area (TPSA) is 89.1 Å². The van der Waals surface area contributed by atoms with Crippen LogP contribution in [0.15, 0.2) is 65.3 Å². The molecule has 0 radical (unpaired) electrons. The first-order valence-corrected chi connectivity index (χ1v) is 12.7. The summed E-state index contributed by atoms with van der Waals surface area (Å²) in [4.78, 5) is 25.0. The molecule has 1 aliphatic heterocycles. The van der Waals surface area contributed by atoms with E-state index in [2.05, 4.69) is 44.6 Å². The predicted octanol–water partition coefficient (Wildman–Crippen LogP) is 4.50. The van der Waals surface area contributed by atoms with Crippen molar-refractivity contribution in [2.24, 2.45) is 0 Å². The van der Waals surface area contributed by atoms with Gasteiger partial charge in [0.05, 0.1) is 17.5 Å². The lowest BCUT2D eigenvalue weighted by atomic mass is 10.0. The first-order valence-electron chi connectivity index (χ1n) is 12.7. The van der Waals surface area contributed by atoms with Gasteiger partial charge in [-0.1, -0.05) is 30.3 Å². The summed E-state index contributed by atoms with van der Waals surface area (Å²) in [7, 11) is 0. The highest BCUT2D eigenvalue weighted by Gasteiger charge is 2.34. The number of likely N-dealkylation sites (tertiary alicyclic amines) is 1. The zero-order valence-corrected chi connectivity index (χ0v) is 20.4. The number of carbonyl (C=O) groups excluding carboxylic acids is 1. The molecule has 1 unspecified atom stereocenters. The Morgan fingerprint density at radius 3 is 2.75 bits per heavy atom. The van der Waals surface area contributed by atoms with Crippen LogP contribution in [0.1, 0.15) is 59.0 Å². The second-order valence-electron chi connectivity index (χ2n) is 9.82. The second kappa shape index (κ2) is 9.70. The van der Waals surface area contributed by atoms with Crippen LogP contribution in [-0.4, -0.2) is 49.7 Å². The smallest absolute Gasteiger partial charge is 0.255 e. The van der Waals surface area contributed by atoms with Gasteiger partial charge in [0.15, 0.2) is 5.76 Å². The molecular formula is C28H30N6O2. The van der Waals surface area contributed by atoms with Gasteiger partial charge in [-0.2, -0.15) is 5.10 Å². The van der Waals surface area contributed by atoms with Crippen molar-refractivity contribution >= 4 is 5.91 Å². The number of benzene rings is 1. The molecule has 1 aromatic carbocycles. The fourth-order valence-corrected chi connectivity index (χ4v) is 5.02. The summed E-state index contributed by atoms with van der Waals surface area (Å²) in [5.41, 5.74) is 3.52. The number of hydrogen-bond donors (Lipinski definition) is 1. The number of nitrogens with zero attached hydrogens (tertiary/aromatic N) is 5. The summed E-state index contributed by atoms with van der Waals surface area (Å²) < 4.78 is 7.47. The molecule has 2 aliphatic rings. The molecule has 0 bridgehead atoms. The van der Waals surface area contributed by atoms with Crippen molar-refractivity contribution < 1.29 is 9.21 Å². The largest absolute Gasteiger partial charge is 0.460 e. The van der Waals surface area contributed by atoms with Crippen molar-refractivity contribution in [2.75, 3.05) is 13.1 Å². The van der Waals surface area contributed by atoms with Gasteiger partial charge in [0.2, 0.25) is 0 Å². The summed E-state index contributed by atoms with van der Waals surface area (Å²) in [6.07, 6.45) is 7.50. The third kappa shape index (κ3) is 4.81. The zero-order valence-electron chi connectivity index (χ0n) is 20.4. The monoisotopic (exact) mass is 482 g/mol. The number of hydrogen-bond acceptors (Lipinski definition) is 6. The highest BCUT2D eigenvalue weighted by molar-refractivity contribution is 5.95. The molecule has 3 aromatic heterocycles. The van der Waals surface area contributed by atoms with Crippen LogP contribution >= 0.6 is 0 Å². The number of aryl methyl sites for hydroxylation is 1. The fourth-order valence-electron chi connectivity index (χ4n) is 5.02. The maximum atomic E-state index is 13.4. The van der Waals surface area contributed by atoms with Gasteiger partial charge < -0.3 is 9.73 Å². The quantitative estimate of drug-likeness (QED) is 0.417. The Morgan fingerprint density at radius 2 is 1.97 bits per heavy atom. The van der Waals surface area contributed by atoms with E-state index in [9.17, 15) is 4.79 Å². The van der Waals surface area contributed by atoms with Gasteiger partial charge in [0.1, 0.15) is 11.5 Å². The van der Waals surface area contributed by atoms with Gasteiger partial charge in [-0.25, -0.2) is 14.6 Å². The second-order valence-corrected chi connectivity index (χ2v) is 9.82. The number of piperidine rings is 1. The molecule has 1 aliphatic carbocycles. The first-order chi connectivity index (χ1) is 17.6. The van der Waals surface area contributed by atoms with Crippen molar-refractivity contribution in [3.8, 4) is 17.4 Å². The number of aromatic nitrogens is 4. The lowest BCUT2D eigenvalue weighted by Crippen LogP contribution is -2.47. The molecule has 8 nitrogen and oxygen atoms in total. The Balaban J connectivity index is 1.20. The molecular weight excluding hydrogens is 452 g/mol. The summed E-state index contributed by atoms with van der Waals surface area (Å²) in [6.45, 7) is 4.71. The van der Waals surface area contributed by atoms with Gasteiger partial charge >= 0.3 is 0 Å². The van der Waals surface area contributed by atoms with Gasteiger partial charge in [-0.3, -0.25) is 9.69 Å². The summed E-state index contributed by atoms with van der Waals surface area (Å²) in [6, 6.07) is 16.2. The Labute approximate surface area is 210 Å². The number of amides is 1. The Morgan fingerprint density at radius 1 is 1.11 bits per heavy atom. The number of furan rings is 1. The van der Waals surface area contributed by atoms with E-state index >= 15 is 0 Å². The summed E-state index contributed by atoms with van der Waals surface area (Å²) >= 11 is 0. The predicted molar refractivity (Wildman–Crippen MR) is 136 cm³/mol. The molecule has 2 fully saturated rings. The third-order valence-corrected chi connectivity index (χ3v) is 6.93. The van der Waals surface area contributed by atoms with Crippen LogP contribution in [0.25, 0.3) is 17.4 Å². The maximum absolute atomic E-state index is 13.4. The third-order valence-electron chi connectivity index (χ3n) is 6.93. The SMILES string of the molecule is Cc1ccc(-c2ccnc(-n3ncc(C(=O)NC4CCCN(Cc5ccccc5)C4)c3C3CC3)n2)o1. The van der Waals surface area contributed by atoms with Crippen LogP contribution < -0.4 is 5.32 Å². The average Bonchev–Trinajstić information content (AvgIpc) is 3.48. The van der Waals surface area contributed by atoms with E-state index in [0.29, 0.717) is 28.9 Å². The van der Waals surface area contributed by atoms with Crippen molar-refractivity contribution in [1.82, 2.24) is 30.0 Å². The molecule has 6 rings (SSSR count). The minimum Gasteiger partial charge on any atom is -0.460 e. The van der Waals surface area contributed by atoms with Crippen LogP contribution in [-0.2, 0) is 6.54 Å². The van der Waals surface area contributed by atoms with Crippen LogP contribution in [0.4, 0.5) is 0 Å².